The van der Waals surface area contributed by atoms with E-state index in [1.807, 2.05) is 42.5 Å². The van der Waals surface area contributed by atoms with Gasteiger partial charge in [-0.2, -0.15) is 0 Å². The van der Waals surface area contributed by atoms with Crippen LogP contribution in [0, 0.1) is 0 Å². The van der Waals surface area contributed by atoms with Crippen molar-refractivity contribution in [2.24, 2.45) is 0 Å². The van der Waals surface area contributed by atoms with E-state index in [4.69, 9.17) is 14.5 Å². The third-order valence-electron chi connectivity index (χ3n) is 6.54. The van der Waals surface area contributed by atoms with Gasteiger partial charge in [0.2, 0.25) is 0 Å². The van der Waals surface area contributed by atoms with E-state index in [9.17, 15) is 5.11 Å². The van der Waals surface area contributed by atoms with E-state index < -0.39 is 6.10 Å². The highest BCUT2D eigenvalue weighted by atomic mass is 32.1. The van der Waals surface area contributed by atoms with Crippen molar-refractivity contribution in [1.82, 2.24) is 20.2 Å². The van der Waals surface area contributed by atoms with E-state index in [-0.39, 0.29) is 0 Å². The van der Waals surface area contributed by atoms with Crippen LogP contribution in [-0.2, 0) is 6.54 Å². The Bertz CT molecular complexity index is 1270. The number of pyridine rings is 1. The number of thiazole rings is 1. The maximum atomic E-state index is 11.0. The summed E-state index contributed by atoms with van der Waals surface area (Å²) in [7, 11) is 3.34. The van der Waals surface area contributed by atoms with Crippen LogP contribution in [0.2, 0.25) is 0 Å². The van der Waals surface area contributed by atoms with Gasteiger partial charge in [0.15, 0.2) is 0 Å². The number of benzene rings is 2. The lowest BCUT2D eigenvalue weighted by atomic mass is 10.0. The average Bonchev–Trinajstić information content (AvgIpc) is 3.29. The van der Waals surface area contributed by atoms with Crippen LogP contribution < -0.4 is 14.8 Å². The van der Waals surface area contributed by atoms with Gasteiger partial charge in [-0.05, 0) is 74.0 Å². The van der Waals surface area contributed by atoms with Crippen LogP contribution in [0.4, 0.5) is 0 Å². The zero-order valence-corrected chi connectivity index (χ0v) is 20.3. The van der Waals surface area contributed by atoms with Gasteiger partial charge in [-0.15, -0.1) is 11.3 Å². The lowest BCUT2D eigenvalue weighted by molar-refractivity contribution is 0.0949. The van der Waals surface area contributed by atoms with Crippen LogP contribution in [0.3, 0.4) is 0 Å². The van der Waals surface area contributed by atoms with Gasteiger partial charge in [0.1, 0.15) is 16.5 Å². The third kappa shape index (κ3) is 5.00. The van der Waals surface area contributed by atoms with E-state index in [0.29, 0.717) is 12.6 Å². The van der Waals surface area contributed by atoms with Gasteiger partial charge in [-0.25, -0.2) is 4.98 Å². The average molecular weight is 479 g/mol. The predicted octanol–water partition coefficient (Wildman–Crippen LogP) is 4.15. The number of likely N-dealkylation sites (tertiary alicyclic amines) is 1. The highest BCUT2D eigenvalue weighted by molar-refractivity contribution is 7.18. The zero-order valence-electron chi connectivity index (χ0n) is 19.5. The van der Waals surface area contributed by atoms with Crippen LogP contribution in [0.15, 0.2) is 48.7 Å². The van der Waals surface area contributed by atoms with E-state index in [0.717, 1.165) is 75.7 Å². The summed E-state index contributed by atoms with van der Waals surface area (Å²) >= 11 is 1.71. The quantitative estimate of drug-likeness (QED) is 0.394. The fourth-order valence-electron chi connectivity index (χ4n) is 4.61. The second kappa shape index (κ2) is 10.2. The molecule has 1 saturated heterocycles. The minimum atomic E-state index is -0.568. The molecule has 0 amide bonds. The molecular formula is C26H30N4O3S. The smallest absolute Gasteiger partial charge is 0.120 e. The number of hydrogen-bond donors (Lipinski definition) is 2. The summed E-state index contributed by atoms with van der Waals surface area (Å²) in [5, 5.41) is 16.7. The van der Waals surface area contributed by atoms with Gasteiger partial charge < -0.3 is 24.8 Å². The van der Waals surface area contributed by atoms with Crippen LogP contribution in [0.5, 0.6) is 11.5 Å². The summed E-state index contributed by atoms with van der Waals surface area (Å²) in [6.45, 7) is 3.30. The molecule has 7 nitrogen and oxygen atoms in total. The Hall–Kier alpha value is -2.78. The number of aromatic nitrogens is 2. The molecule has 0 bridgehead atoms. The number of β-amino-alcohol motifs (C(OH)–C–C–N with tert-alkyl or cyclic N) is 1. The first kappa shape index (κ1) is 23.0. The second-order valence-electron chi connectivity index (χ2n) is 8.70. The molecule has 34 heavy (non-hydrogen) atoms. The fraction of sp³-hybridized carbons (Fsp3) is 0.385. The lowest BCUT2D eigenvalue weighted by Gasteiger charge is -2.33. The second-order valence-corrected chi connectivity index (χ2v) is 9.81. The Morgan fingerprint density at radius 3 is 2.56 bits per heavy atom. The Morgan fingerprint density at radius 2 is 1.79 bits per heavy atom. The molecular weight excluding hydrogens is 448 g/mol. The van der Waals surface area contributed by atoms with Crippen molar-refractivity contribution >= 4 is 32.5 Å². The molecule has 1 fully saturated rings. The number of rotatable bonds is 8. The number of methoxy groups -OCH3 is 2. The van der Waals surface area contributed by atoms with Crippen LogP contribution in [0.1, 0.15) is 29.5 Å². The number of ether oxygens (including phenoxy) is 2. The third-order valence-corrected chi connectivity index (χ3v) is 7.56. The van der Waals surface area contributed by atoms with Gasteiger partial charge >= 0.3 is 0 Å². The SMILES string of the molecule is COc1ccc2nc(CNC3CCN(C[C@H](O)c4ccnc5ccc(OC)cc45)CC3)sc2c1. The largest absolute Gasteiger partial charge is 0.497 e. The summed E-state index contributed by atoms with van der Waals surface area (Å²) in [4.78, 5) is 11.5. The van der Waals surface area contributed by atoms with Gasteiger partial charge in [0.05, 0.1) is 36.1 Å². The fourth-order valence-corrected chi connectivity index (χ4v) is 5.56. The number of piperidine rings is 1. The summed E-state index contributed by atoms with van der Waals surface area (Å²) in [6, 6.07) is 14.2. The van der Waals surface area contributed by atoms with E-state index in [2.05, 4.69) is 15.2 Å². The first-order valence-corrected chi connectivity index (χ1v) is 12.4. The van der Waals surface area contributed by atoms with Gasteiger partial charge in [-0.3, -0.25) is 4.98 Å². The van der Waals surface area contributed by atoms with Crippen LogP contribution >= 0.6 is 11.3 Å². The van der Waals surface area contributed by atoms with Crippen molar-refractivity contribution in [2.75, 3.05) is 33.9 Å². The molecule has 0 aliphatic carbocycles. The molecule has 8 heteroatoms. The molecule has 1 atom stereocenters. The molecule has 4 aromatic rings. The number of hydrogen-bond acceptors (Lipinski definition) is 8. The Morgan fingerprint density at radius 1 is 1.06 bits per heavy atom. The molecule has 2 aromatic heterocycles. The Balaban J connectivity index is 1.15. The number of aliphatic hydroxyl groups is 1. The molecule has 2 aromatic carbocycles. The molecule has 5 rings (SSSR count). The van der Waals surface area contributed by atoms with E-state index >= 15 is 0 Å². The first-order valence-electron chi connectivity index (χ1n) is 11.6. The Labute approximate surface area is 203 Å². The monoisotopic (exact) mass is 478 g/mol. The minimum absolute atomic E-state index is 0.459. The summed E-state index contributed by atoms with van der Waals surface area (Å²) in [5.41, 5.74) is 2.79. The summed E-state index contributed by atoms with van der Waals surface area (Å²) in [6.07, 6.45) is 3.30. The molecule has 3 heterocycles. The standard InChI is InChI=1S/C26H30N4O3S/c1-32-18-3-5-22-21(13-18)20(7-10-27-22)24(31)16-30-11-8-17(9-12-30)28-15-26-29-23-6-4-19(33-2)14-25(23)34-26/h3-7,10,13-14,17,24,28,31H,8-9,11-12,15-16H2,1-2H3/t24-/m0/s1. The topological polar surface area (TPSA) is 79.7 Å². The summed E-state index contributed by atoms with van der Waals surface area (Å²) in [5.74, 6) is 1.64. The molecule has 0 radical (unpaired) electrons. The molecule has 1 aliphatic rings. The molecule has 178 valence electrons. The lowest BCUT2D eigenvalue weighted by Crippen LogP contribution is -2.43. The van der Waals surface area contributed by atoms with Gasteiger partial charge in [-0.1, -0.05) is 0 Å². The highest BCUT2D eigenvalue weighted by Crippen LogP contribution is 2.28. The molecule has 2 N–H and O–H groups in total. The maximum absolute atomic E-state index is 11.0. The number of fused-ring (bicyclic) bond motifs is 2. The summed E-state index contributed by atoms with van der Waals surface area (Å²) < 4.78 is 11.8. The van der Waals surface area contributed by atoms with E-state index in [1.54, 1.807) is 31.8 Å². The van der Waals surface area contributed by atoms with Crippen LogP contribution in [-0.4, -0.2) is 59.9 Å². The first-order chi connectivity index (χ1) is 16.6. The highest BCUT2D eigenvalue weighted by Gasteiger charge is 2.22. The van der Waals surface area contributed by atoms with Crippen molar-refractivity contribution in [3.8, 4) is 11.5 Å². The van der Waals surface area contributed by atoms with Crippen molar-refractivity contribution in [3.05, 3.63) is 59.2 Å². The van der Waals surface area contributed by atoms with Gasteiger partial charge in [0.25, 0.3) is 0 Å². The van der Waals surface area contributed by atoms with Gasteiger partial charge in [0, 0.05) is 30.7 Å². The maximum Gasteiger partial charge on any atom is 0.120 e. The van der Waals surface area contributed by atoms with Crippen molar-refractivity contribution in [2.45, 2.75) is 31.5 Å². The molecule has 0 unspecified atom stereocenters. The molecule has 0 spiro atoms. The molecule has 1 aliphatic heterocycles. The van der Waals surface area contributed by atoms with Crippen molar-refractivity contribution < 1.29 is 14.6 Å². The minimum Gasteiger partial charge on any atom is -0.497 e. The molecule has 0 saturated carbocycles. The van der Waals surface area contributed by atoms with Crippen molar-refractivity contribution in [3.63, 3.8) is 0 Å². The Kier molecular flexibility index (Phi) is 6.92. The zero-order chi connectivity index (χ0) is 23.5. The van der Waals surface area contributed by atoms with Crippen molar-refractivity contribution in [1.29, 1.82) is 0 Å². The normalized spacial score (nSPS) is 16.2. The number of nitrogens with one attached hydrogen (secondary N) is 1. The van der Waals surface area contributed by atoms with E-state index in [1.165, 1.54) is 0 Å². The predicted molar refractivity (Wildman–Crippen MR) is 136 cm³/mol. The number of nitrogens with zero attached hydrogens (tertiary/aromatic N) is 3. The number of aliphatic hydroxyl groups excluding tert-OH is 1. The van der Waals surface area contributed by atoms with Crippen LogP contribution in [0.25, 0.3) is 21.1 Å².